The van der Waals surface area contributed by atoms with Crippen molar-refractivity contribution < 1.29 is 9.53 Å². The number of rotatable bonds is 7. The molecule has 0 spiro atoms. The number of amides is 1. The number of nitrogens with zero attached hydrogens (tertiary/aromatic N) is 6. The molecule has 0 radical (unpaired) electrons. The van der Waals surface area contributed by atoms with E-state index >= 15 is 0 Å². The van der Waals surface area contributed by atoms with Crippen LogP contribution >= 0.6 is 0 Å². The van der Waals surface area contributed by atoms with Crippen LogP contribution in [0, 0.1) is 6.92 Å². The molecule has 0 aromatic carbocycles. The van der Waals surface area contributed by atoms with Crippen LogP contribution in [0.5, 0.6) is 11.8 Å². The Morgan fingerprint density at radius 2 is 2.09 bits per heavy atom. The molecule has 34 heavy (non-hydrogen) atoms. The first kappa shape index (κ1) is 21.0. The van der Waals surface area contributed by atoms with E-state index < -0.39 is 0 Å². The number of carbonyl (C=O) groups excluding carboxylic acids is 1. The number of fused-ring (bicyclic) bond motifs is 1. The molecule has 10 nitrogen and oxygen atoms in total. The molecule has 5 aromatic heterocycles. The summed E-state index contributed by atoms with van der Waals surface area (Å²) >= 11 is 0. The first-order valence-corrected chi connectivity index (χ1v) is 10.4. The van der Waals surface area contributed by atoms with E-state index in [2.05, 4.69) is 41.9 Å². The molecule has 0 unspecified atom stereocenters. The number of hydrogen-bond acceptors (Lipinski definition) is 7. The number of aromatic amines is 1. The van der Waals surface area contributed by atoms with Crippen molar-refractivity contribution in [2.75, 3.05) is 5.32 Å². The van der Waals surface area contributed by atoms with Gasteiger partial charge in [-0.25, -0.2) is 15.0 Å². The summed E-state index contributed by atoms with van der Waals surface area (Å²) in [6.07, 6.45) is 9.82. The van der Waals surface area contributed by atoms with Gasteiger partial charge in [-0.1, -0.05) is 12.6 Å². The van der Waals surface area contributed by atoms with Gasteiger partial charge in [-0.3, -0.25) is 14.5 Å². The minimum Gasteiger partial charge on any atom is -0.419 e. The monoisotopic (exact) mass is 452 g/mol. The Labute approximate surface area is 194 Å². The molecular weight excluding hydrogens is 432 g/mol. The number of nitrogens with one attached hydrogen (secondary N) is 2. The maximum absolute atomic E-state index is 11.5. The van der Waals surface area contributed by atoms with Crippen molar-refractivity contribution in [3.63, 3.8) is 0 Å². The number of H-pyrrole nitrogens is 1. The normalized spacial score (nSPS) is 10.9. The van der Waals surface area contributed by atoms with E-state index in [1.54, 1.807) is 18.3 Å². The molecule has 1 amide bonds. The Morgan fingerprint density at radius 3 is 2.91 bits per heavy atom. The van der Waals surface area contributed by atoms with Crippen LogP contribution in [0.3, 0.4) is 0 Å². The molecule has 0 atom stereocenters. The highest BCUT2D eigenvalue weighted by molar-refractivity contribution is 5.98. The summed E-state index contributed by atoms with van der Waals surface area (Å²) < 4.78 is 7.67. The van der Waals surface area contributed by atoms with Gasteiger partial charge < -0.3 is 15.0 Å². The lowest BCUT2D eigenvalue weighted by molar-refractivity contribution is -0.111. The zero-order valence-corrected chi connectivity index (χ0v) is 18.3. The predicted octanol–water partition coefficient (Wildman–Crippen LogP) is 3.88. The molecule has 0 bridgehead atoms. The van der Waals surface area contributed by atoms with Crippen molar-refractivity contribution in [3.8, 4) is 22.9 Å². The number of anilines is 1. The van der Waals surface area contributed by atoms with Crippen LogP contribution in [-0.2, 0) is 11.3 Å². The minimum atomic E-state index is -0.325. The van der Waals surface area contributed by atoms with Crippen LogP contribution < -0.4 is 10.1 Å². The number of aromatic nitrogens is 7. The lowest BCUT2D eigenvalue weighted by atomic mass is 10.1. The first-order chi connectivity index (χ1) is 16.6. The van der Waals surface area contributed by atoms with Crippen LogP contribution in [0.25, 0.3) is 22.3 Å². The molecule has 5 rings (SSSR count). The SMILES string of the molecule is C=CC(=O)Nc1ccnc(Oc2cnc3[nH]cc(-c4cn(Cc5ccccn5)nc4C)c3n2)c1. The van der Waals surface area contributed by atoms with Crippen molar-refractivity contribution in [1.82, 2.24) is 34.7 Å². The van der Waals surface area contributed by atoms with Crippen molar-refractivity contribution in [2.45, 2.75) is 13.5 Å². The molecule has 0 saturated heterocycles. The third-order valence-electron chi connectivity index (χ3n) is 5.04. The second-order valence-corrected chi connectivity index (χ2v) is 7.43. The van der Waals surface area contributed by atoms with Gasteiger partial charge in [0, 0.05) is 47.7 Å². The Morgan fingerprint density at radius 1 is 1.18 bits per heavy atom. The largest absolute Gasteiger partial charge is 0.419 e. The van der Waals surface area contributed by atoms with E-state index in [1.807, 2.05) is 42.2 Å². The molecule has 0 saturated carbocycles. The third kappa shape index (κ3) is 4.37. The number of hydrogen-bond donors (Lipinski definition) is 2. The predicted molar refractivity (Wildman–Crippen MR) is 126 cm³/mol. The summed E-state index contributed by atoms with van der Waals surface area (Å²) in [5.41, 5.74) is 5.37. The second kappa shape index (κ2) is 8.94. The van der Waals surface area contributed by atoms with Crippen molar-refractivity contribution in [3.05, 3.63) is 85.4 Å². The smallest absolute Gasteiger partial charge is 0.247 e. The summed E-state index contributed by atoms with van der Waals surface area (Å²) in [6, 6.07) is 9.05. The quantitative estimate of drug-likeness (QED) is 0.359. The van der Waals surface area contributed by atoms with Gasteiger partial charge in [-0.15, -0.1) is 0 Å². The van der Waals surface area contributed by atoms with Crippen LogP contribution in [-0.4, -0.2) is 40.6 Å². The van der Waals surface area contributed by atoms with Gasteiger partial charge >= 0.3 is 0 Å². The van der Waals surface area contributed by atoms with Gasteiger partial charge in [-0.2, -0.15) is 5.10 Å². The highest BCUT2D eigenvalue weighted by Crippen LogP contribution is 2.30. The second-order valence-electron chi connectivity index (χ2n) is 7.43. The molecule has 0 fully saturated rings. The summed E-state index contributed by atoms with van der Waals surface area (Å²) in [5.74, 6) is 0.216. The molecule has 5 aromatic rings. The average Bonchev–Trinajstić information content (AvgIpc) is 3.42. The molecule has 10 heteroatoms. The minimum absolute atomic E-state index is 0.270. The van der Waals surface area contributed by atoms with E-state index in [-0.39, 0.29) is 17.7 Å². The summed E-state index contributed by atoms with van der Waals surface area (Å²) in [4.78, 5) is 32.3. The van der Waals surface area contributed by atoms with Crippen LogP contribution in [0.1, 0.15) is 11.4 Å². The fraction of sp³-hybridized carbons (Fsp3) is 0.0833. The molecule has 5 heterocycles. The zero-order valence-electron chi connectivity index (χ0n) is 18.3. The van der Waals surface area contributed by atoms with Gasteiger partial charge in [0.25, 0.3) is 0 Å². The summed E-state index contributed by atoms with van der Waals surface area (Å²) in [5, 5.41) is 7.30. The van der Waals surface area contributed by atoms with E-state index in [9.17, 15) is 4.79 Å². The fourth-order valence-electron chi connectivity index (χ4n) is 3.49. The van der Waals surface area contributed by atoms with Crippen LogP contribution in [0.2, 0.25) is 0 Å². The average molecular weight is 452 g/mol. The third-order valence-corrected chi connectivity index (χ3v) is 5.04. The Kier molecular flexibility index (Phi) is 5.53. The standard InChI is InChI=1S/C24H20N8O2/c1-3-20(33)29-16-7-9-26-21(10-16)34-22-12-28-24-23(30-22)18(11-27-24)19-14-32(31-15(19)2)13-17-6-4-5-8-25-17/h3-12,14H,1,13H2,2H3,(H,27,28)(H,26,29,33). The zero-order chi connectivity index (χ0) is 23.5. The fourth-order valence-corrected chi connectivity index (χ4v) is 3.49. The highest BCUT2D eigenvalue weighted by Gasteiger charge is 2.16. The highest BCUT2D eigenvalue weighted by atomic mass is 16.5. The lowest BCUT2D eigenvalue weighted by Gasteiger charge is -2.06. The maximum atomic E-state index is 11.5. The molecule has 0 aliphatic rings. The molecule has 2 N–H and O–H groups in total. The molecular formula is C24H20N8O2. The number of aryl methyl sites for hydroxylation is 1. The van der Waals surface area contributed by atoms with Crippen LogP contribution in [0.4, 0.5) is 5.69 Å². The number of ether oxygens (including phenoxy) is 1. The molecule has 0 aliphatic heterocycles. The van der Waals surface area contributed by atoms with E-state index in [0.29, 0.717) is 23.4 Å². The molecule has 0 aliphatic carbocycles. The maximum Gasteiger partial charge on any atom is 0.247 e. The van der Waals surface area contributed by atoms with Gasteiger partial charge in [0.15, 0.2) is 5.65 Å². The summed E-state index contributed by atoms with van der Waals surface area (Å²) in [7, 11) is 0. The lowest BCUT2D eigenvalue weighted by Crippen LogP contribution is -2.07. The van der Waals surface area contributed by atoms with Crippen molar-refractivity contribution in [2.24, 2.45) is 0 Å². The van der Waals surface area contributed by atoms with Gasteiger partial charge in [-0.05, 0) is 31.2 Å². The topological polar surface area (TPSA) is 124 Å². The van der Waals surface area contributed by atoms with Gasteiger partial charge in [0.05, 0.1) is 24.1 Å². The number of carbonyl (C=O) groups is 1. The van der Waals surface area contributed by atoms with E-state index in [4.69, 9.17) is 4.74 Å². The molecule has 168 valence electrons. The number of pyridine rings is 2. The van der Waals surface area contributed by atoms with E-state index in [0.717, 1.165) is 22.5 Å². The van der Waals surface area contributed by atoms with E-state index in [1.165, 1.54) is 18.5 Å². The van der Waals surface area contributed by atoms with Crippen LogP contribution in [0.15, 0.2) is 74.0 Å². The van der Waals surface area contributed by atoms with Gasteiger partial charge in [0.2, 0.25) is 17.7 Å². The Balaban J connectivity index is 1.43. The Bertz CT molecular complexity index is 1490. The first-order valence-electron chi connectivity index (χ1n) is 10.4. The van der Waals surface area contributed by atoms with Gasteiger partial charge in [0.1, 0.15) is 5.52 Å². The van der Waals surface area contributed by atoms with Crippen molar-refractivity contribution >= 4 is 22.8 Å². The summed E-state index contributed by atoms with van der Waals surface area (Å²) in [6.45, 7) is 5.96. The van der Waals surface area contributed by atoms with Crippen molar-refractivity contribution in [1.29, 1.82) is 0 Å². The Hall–Kier alpha value is -4.86.